The van der Waals surface area contributed by atoms with E-state index in [1.165, 1.54) is 40.7 Å². The van der Waals surface area contributed by atoms with Gasteiger partial charge in [0, 0.05) is 11.1 Å². The lowest BCUT2D eigenvalue weighted by Gasteiger charge is -2.24. The number of anilines is 1. The minimum absolute atomic E-state index is 0.00971. The van der Waals surface area contributed by atoms with E-state index in [-0.39, 0.29) is 16.5 Å². The molecule has 45 heavy (non-hydrogen) atoms. The van der Waals surface area contributed by atoms with E-state index in [0.717, 1.165) is 23.8 Å². The molecule has 5 aromatic rings. The number of hydrogen-bond donors (Lipinski definition) is 1. The summed E-state index contributed by atoms with van der Waals surface area (Å²) in [6.45, 7) is 4.63. The number of para-hydroxylation sites is 1. The highest BCUT2D eigenvalue weighted by Crippen LogP contribution is 2.46. The summed E-state index contributed by atoms with van der Waals surface area (Å²) in [5.74, 6) is -0.382. The van der Waals surface area contributed by atoms with E-state index >= 15 is 0 Å². The van der Waals surface area contributed by atoms with Crippen molar-refractivity contribution in [3.8, 4) is 11.5 Å². The zero-order valence-electron chi connectivity index (χ0n) is 25.0. The van der Waals surface area contributed by atoms with Crippen LogP contribution in [0.25, 0.3) is 11.0 Å². The number of aryl methyl sites for hydroxylation is 1. The van der Waals surface area contributed by atoms with Gasteiger partial charge in [-0.25, -0.2) is 0 Å². The van der Waals surface area contributed by atoms with E-state index in [0.29, 0.717) is 39.3 Å². The van der Waals surface area contributed by atoms with Crippen LogP contribution < -0.4 is 14.4 Å². The van der Waals surface area contributed by atoms with Gasteiger partial charge in [-0.15, -0.1) is 10.2 Å². The molecule has 1 N–H and O–H groups in total. The van der Waals surface area contributed by atoms with E-state index < -0.39 is 23.5 Å². The first-order valence-corrected chi connectivity index (χ1v) is 16.3. The van der Waals surface area contributed by atoms with E-state index in [4.69, 9.17) is 13.9 Å². The Morgan fingerprint density at radius 3 is 2.62 bits per heavy atom. The molecule has 1 atom stereocenters. The largest absolute Gasteiger partial charge is 0.503 e. The molecule has 230 valence electrons. The summed E-state index contributed by atoms with van der Waals surface area (Å²) in [5.41, 5.74) is 3.23. The zero-order valence-corrected chi connectivity index (χ0v) is 26.6. The first-order valence-electron chi connectivity index (χ1n) is 14.5. The van der Waals surface area contributed by atoms with Gasteiger partial charge in [-0.3, -0.25) is 14.5 Å². The fraction of sp³-hybridized carbons (Fsp3) is 0.235. The predicted octanol–water partition coefficient (Wildman–Crippen LogP) is 7.86. The SMILES string of the molecule is CCCCOc1ccc(C2C(C(=O)c3cc4ccccc4o3)=C(O)C(=O)N2c2nnc(SCc3ccc(C)cc3)s2)cc1OC. The Bertz CT molecular complexity index is 1860. The molecule has 9 nitrogen and oxygen atoms in total. The number of carbonyl (C=O) groups is 2. The van der Waals surface area contributed by atoms with Crippen molar-refractivity contribution in [2.24, 2.45) is 0 Å². The number of methoxy groups -OCH3 is 1. The molecule has 1 aliphatic heterocycles. The summed E-state index contributed by atoms with van der Waals surface area (Å²) in [6, 6.07) is 21.3. The Hall–Kier alpha value is -4.61. The fourth-order valence-corrected chi connectivity index (χ4v) is 6.89. The molecule has 11 heteroatoms. The van der Waals surface area contributed by atoms with E-state index in [2.05, 4.69) is 41.4 Å². The molecule has 1 amide bonds. The number of fused-ring (bicyclic) bond motifs is 1. The second kappa shape index (κ2) is 13.2. The number of aliphatic hydroxyl groups is 1. The van der Waals surface area contributed by atoms with Crippen LogP contribution in [0.15, 0.2) is 92.9 Å². The van der Waals surface area contributed by atoms with Crippen LogP contribution in [0.2, 0.25) is 0 Å². The van der Waals surface area contributed by atoms with Crippen LogP contribution in [0, 0.1) is 6.92 Å². The second-order valence-electron chi connectivity index (χ2n) is 10.6. The maximum atomic E-state index is 14.0. The third-order valence-corrected chi connectivity index (χ3v) is 9.57. The molecule has 3 aromatic carbocycles. The summed E-state index contributed by atoms with van der Waals surface area (Å²) in [6.07, 6.45) is 1.86. The first-order chi connectivity index (χ1) is 21.9. The molecule has 0 fully saturated rings. The first kappa shape index (κ1) is 30.4. The van der Waals surface area contributed by atoms with Crippen LogP contribution in [0.4, 0.5) is 5.13 Å². The number of rotatable bonds is 12. The van der Waals surface area contributed by atoms with E-state index in [1.54, 1.807) is 36.4 Å². The lowest BCUT2D eigenvalue weighted by Crippen LogP contribution is -2.31. The predicted molar refractivity (Wildman–Crippen MR) is 174 cm³/mol. The number of ketones is 1. The Balaban J connectivity index is 1.37. The van der Waals surface area contributed by atoms with Crippen LogP contribution >= 0.6 is 23.1 Å². The lowest BCUT2D eigenvalue weighted by atomic mass is 9.95. The van der Waals surface area contributed by atoms with E-state index in [9.17, 15) is 14.7 Å². The molecule has 0 saturated heterocycles. The number of aliphatic hydroxyl groups excluding tert-OH is 1. The summed E-state index contributed by atoms with van der Waals surface area (Å²) in [4.78, 5) is 29.1. The number of carbonyl (C=O) groups excluding carboxylic acids is 2. The smallest absolute Gasteiger partial charge is 0.296 e. The van der Waals surface area contributed by atoms with Crippen molar-refractivity contribution < 1.29 is 28.6 Å². The second-order valence-corrected chi connectivity index (χ2v) is 12.7. The third-order valence-electron chi connectivity index (χ3n) is 7.45. The number of hydrogen-bond acceptors (Lipinski definition) is 10. The number of aromatic nitrogens is 2. The molecule has 3 heterocycles. The maximum Gasteiger partial charge on any atom is 0.296 e. The summed E-state index contributed by atoms with van der Waals surface area (Å²) >= 11 is 2.71. The number of unbranched alkanes of at least 4 members (excludes halogenated alkanes) is 1. The zero-order chi connectivity index (χ0) is 31.5. The summed E-state index contributed by atoms with van der Waals surface area (Å²) in [7, 11) is 1.53. The van der Waals surface area contributed by atoms with Gasteiger partial charge in [-0.1, -0.05) is 90.5 Å². The number of amides is 1. The summed E-state index contributed by atoms with van der Waals surface area (Å²) in [5, 5.41) is 20.9. The average molecular weight is 642 g/mol. The highest BCUT2D eigenvalue weighted by atomic mass is 32.2. The van der Waals surface area contributed by atoms with Crippen molar-refractivity contribution in [3.63, 3.8) is 0 Å². The lowest BCUT2D eigenvalue weighted by molar-refractivity contribution is -0.117. The molecule has 1 aliphatic rings. The Morgan fingerprint density at radius 1 is 1.07 bits per heavy atom. The monoisotopic (exact) mass is 641 g/mol. The Morgan fingerprint density at radius 2 is 1.87 bits per heavy atom. The van der Waals surface area contributed by atoms with Crippen molar-refractivity contribution in [2.75, 3.05) is 18.6 Å². The number of nitrogens with zero attached hydrogens (tertiary/aromatic N) is 3. The van der Waals surface area contributed by atoms with Crippen molar-refractivity contribution in [3.05, 3.63) is 107 Å². The normalized spacial score (nSPS) is 14.9. The van der Waals surface area contributed by atoms with Gasteiger partial charge in [0.25, 0.3) is 5.91 Å². The molecule has 2 aromatic heterocycles. The standard InChI is InChI=1S/C34H31N3O6S2/c1-4-5-16-42-25-15-14-23(18-26(25)41-3)29-28(30(38)27-17-22-8-6-7-9-24(22)43-27)31(39)32(40)37(29)33-35-36-34(45-33)44-19-21-12-10-20(2)11-13-21/h6-15,17-18,29,39H,4-5,16,19H2,1-3H3. The summed E-state index contributed by atoms with van der Waals surface area (Å²) < 4.78 is 18.1. The molecule has 0 saturated carbocycles. The average Bonchev–Trinajstić information content (AvgIpc) is 3.77. The quantitative estimate of drug-likeness (QED) is 0.0629. The van der Waals surface area contributed by atoms with Crippen LogP contribution in [0.1, 0.15) is 53.1 Å². The van der Waals surface area contributed by atoms with Crippen LogP contribution in [-0.2, 0) is 10.5 Å². The number of ether oxygens (including phenoxy) is 2. The van der Waals surface area contributed by atoms with Crippen molar-refractivity contribution in [2.45, 2.75) is 42.8 Å². The Labute approximate surface area is 268 Å². The number of benzene rings is 3. The van der Waals surface area contributed by atoms with Gasteiger partial charge in [-0.2, -0.15) is 0 Å². The number of thioether (sulfide) groups is 1. The molecular weight excluding hydrogens is 611 g/mol. The van der Waals surface area contributed by atoms with Crippen molar-refractivity contribution >= 4 is 50.9 Å². The molecule has 0 aliphatic carbocycles. The van der Waals surface area contributed by atoms with Gasteiger partial charge in [0.1, 0.15) is 5.58 Å². The minimum atomic E-state index is -1.03. The van der Waals surface area contributed by atoms with Gasteiger partial charge in [-0.05, 0) is 48.7 Å². The number of Topliss-reactive ketones (excluding diaryl/α,β-unsaturated/α-hetero) is 1. The molecule has 1 unspecified atom stereocenters. The van der Waals surface area contributed by atoms with Crippen molar-refractivity contribution in [1.29, 1.82) is 0 Å². The Kier molecular flexibility index (Phi) is 8.90. The highest BCUT2D eigenvalue weighted by molar-refractivity contribution is 8.00. The van der Waals surface area contributed by atoms with Gasteiger partial charge in [0.2, 0.25) is 10.9 Å². The van der Waals surface area contributed by atoms with Gasteiger partial charge >= 0.3 is 0 Å². The maximum absolute atomic E-state index is 14.0. The number of furan rings is 1. The van der Waals surface area contributed by atoms with Crippen LogP contribution in [0.5, 0.6) is 11.5 Å². The van der Waals surface area contributed by atoms with E-state index in [1.807, 2.05) is 19.1 Å². The molecular formula is C34H31N3O6S2. The third kappa shape index (κ3) is 6.18. The van der Waals surface area contributed by atoms with Crippen LogP contribution in [0.3, 0.4) is 0 Å². The molecule has 6 rings (SSSR count). The highest BCUT2D eigenvalue weighted by Gasteiger charge is 2.47. The van der Waals surface area contributed by atoms with Gasteiger partial charge in [0.05, 0.1) is 25.3 Å². The fourth-order valence-electron chi connectivity index (χ4n) is 5.06. The molecule has 0 radical (unpaired) electrons. The van der Waals surface area contributed by atoms with Gasteiger partial charge < -0.3 is 19.0 Å². The minimum Gasteiger partial charge on any atom is -0.503 e. The molecule has 0 bridgehead atoms. The molecule has 0 spiro atoms. The van der Waals surface area contributed by atoms with Crippen molar-refractivity contribution in [1.82, 2.24) is 10.2 Å². The van der Waals surface area contributed by atoms with Crippen LogP contribution in [-0.4, -0.2) is 40.7 Å². The topological polar surface area (TPSA) is 115 Å². The van der Waals surface area contributed by atoms with Gasteiger partial charge in [0.15, 0.2) is 27.4 Å².